The van der Waals surface area contributed by atoms with Crippen LogP contribution in [0.1, 0.15) is 41.6 Å². The number of likely N-dealkylation sites (tertiary alicyclic amines) is 1. The van der Waals surface area contributed by atoms with Gasteiger partial charge in [-0.1, -0.05) is 31.0 Å². The van der Waals surface area contributed by atoms with Crippen molar-refractivity contribution in [2.24, 2.45) is 0 Å². The number of rotatable bonds is 6. The Labute approximate surface area is 199 Å². The maximum Gasteiger partial charge on any atom is 0.255 e. The van der Waals surface area contributed by atoms with Gasteiger partial charge >= 0.3 is 0 Å². The number of thiocarbonyl (C=S) groups is 1. The van der Waals surface area contributed by atoms with Gasteiger partial charge in [0.1, 0.15) is 0 Å². The second-order valence-corrected chi connectivity index (χ2v) is 8.05. The standard InChI is InChI=1S/C25H29N3O4S/c1-31-21-13-11-18(17-22(21)32-2)12-14-23(29)27-25(33)26-20-10-6-5-9-19(20)24(30)28-15-7-3-4-8-16-28/h5-6,9-14,17H,3-4,7-8,15-16H2,1-2H3,(H2,26,27,29,33). The first kappa shape index (κ1) is 24.3. The van der Waals surface area contributed by atoms with Gasteiger partial charge in [0.25, 0.3) is 5.91 Å². The number of hydrogen-bond acceptors (Lipinski definition) is 5. The summed E-state index contributed by atoms with van der Waals surface area (Å²) in [6, 6.07) is 12.5. The third-order valence-electron chi connectivity index (χ3n) is 5.37. The molecule has 0 saturated carbocycles. The Bertz CT molecular complexity index is 1030. The Morgan fingerprint density at radius 1 is 0.970 bits per heavy atom. The molecule has 1 fully saturated rings. The molecule has 7 nitrogen and oxygen atoms in total. The third-order valence-corrected chi connectivity index (χ3v) is 5.57. The Balaban J connectivity index is 1.62. The molecule has 174 valence electrons. The predicted molar refractivity (Wildman–Crippen MR) is 134 cm³/mol. The fourth-order valence-electron chi connectivity index (χ4n) is 3.66. The minimum absolute atomic E-state index is 0.0255. The van der Waals surface area contributed by atoms with E-state index >= 15 is 0 Å². The lowest BCUT2D eigenvalue weighted by atomic mass is 10.1. The summed E-state index contributed by atoms with van der Waals surface area (Å²) in [6.07, 6.45) is 7.36. The Hall–Kier alpha value is -3.39. The van der Waals surface area contributed by atoms with Crippen molar-refractivity contribution in [3.8, 4) is 11.5 Å². The van der Waals surface area contributed by atoms with Crippen molar-refractivity contribution >= 4 is 40.9 Å². The molecule has 8 heteroatoms. The maximum absolute atomic E-state index is 13.1. The molecule has 3 rings (SSSR count). The average molecular weight is 468 g/mol. The molecule has 1 saturated heterocycles. The van der Waals surface area contributed by atoms with Crippen molar-refractivity contribution < 1.29 is 19.1 Å². The zero-order valence-corrected chi connectivity index (χ0v) is 19.7. The van der Waals surface area contributed by atoms with Gasteiger partial charge in [-0.25, -0.2) is 0 Å². The highest BCUT2D eigenvalue weighted by molar-refractivity contribution is 7.80. The minimum atomic E-state index is -0.390. The maximum atomic E-state index is 13.1. The van der Waals surface area contributed by atoms with E-state index in [1.165, 1.54) is 6.08 Å². The van der Waals surface area contributed by atoms with Gasteiger partial charge in [0.15, 0.2) is 16.6 Å². The number of nitrogens with one attached hydrogen (secondary N) is 2. The van der Waals surface area contributed by atoms with Gasteiger partial charge < -0.3 is 19.7 Å². The van der Waals surface area contributed by atoms with Crippen LogP contribution >= 0.6 is 12.2 Å². The zero-order valence-electron chi connectivity index (χ0n) is 18.9. The predicted octanol–water partition coefficient (Wildman–Crippen LogP) is 4.25. The summed E-state index contributed by atoms with van der Waals surface area (Å²) in [5.74, 6) is 0.766. The van der Waals surface area contributed by atoms with Crippen LogP contribution in [0.4, 0.5) is 5.69 Å². The fraction of sp³-hybridized carbons (Fsp3) is 0.320. The van der Waals surface area contributed by atoms with E-state index in [0.29, 0.717) is 22.7 Å². The van der Waals surface area contributed by atoms with E-state index in [9.17, 15) is 9.59 Å². The van der Waals surface area contributed by atoms with Crippen LogP contribution in [-0.4, -0.2) is 49.1 Å². The van der Waals surface area contributed by atoms with Crippen molar-refractivity contribution in [2.45, 2.75) is 25.7 Å². The van der Waals surface area contributed by atoms with Gasteiger partial charge in [-0.3, -0.25) is 14.9 Å². The summed E-state index contributed by atoms with van der Waals surface area (Å²) in [7, 11) is 3.12. The van der Waals surface area contributed by atoms with E-state index in [1.807, 2.05) is 23.1 Å². The van der Waals surface area contributed by atoms with Crippen LogP contribution in [0.25, 0.3) is 6.08 Å². The molecule has 2 N–H and O–H groups in total. The lowest BCUT2D eigenvalue weighted by molar-refractivity contribution is -0.115. The molecular weight excluding hydrogens is 438 g/mol. The number of hydrogen-bond donors (Lipinski definition) is 2. The Morgan fingerprint density at radius 2 is 1.67 bits per heavy atom. The SMILES string of the molecule is COc1ccc(C=CC(=O)NC(=S)Nc2ccccc2C(=O)N2CCCCCC2)cc1OC. The normalized spacial score (nSPS) is 13.8. The Morgan fingerprint density at radius 3 is 2.36 bits per heavy atom. The summed E-state index contributed by atoms with van der Waals surface area (Å²) in [6.45, 7) is 1.52. The van der Waals surface area contributed by atoms with Gasteiger partial charge in [0.2, 0.25) is 5.91 Å². The molecule has 2 aromatic carbocycles. The third kappa shape index (κ3) is 6.79. The van der Waals surface area contributed by atoms with E-state index in [2.05, 4.69) is 10.6 Å². The van der Waals surface area contributed by atoms with Crippen LogP contribution in [0.2, 0.25) is 0 Å². The highest BCUT2D eigenvalue weighted by Gasteiger charge is 2.20. The lowest BCUT2D eigenvalue weighted by Gasteiger charge is -2.22. The smallest absolute Gasteiger partial charge is 0.255 e. The summed E-state index contributed by atoms with van der Waals surface area (Å²) in [4.78, 5) is 27.3. The first-order valence-electron chi connectivity index (χ1n) is 10.9. The Kier molecular flexibility index (Phi) is 8.83. The summed E-state index contributed by atoms with van der Waals surface area (Å²) < 4.78 is 10.5. The van der Waals surface area contributed by atoms with Crippen LogP contribution in [0.15, 0.2) is 48.5 Å². The van der Waals surface area contributed by atoms with Crippen LogP contribution in [0.3, 0.4) is 0 Å². The molecule has 0 aliphatic carbocycles. The highest BCUT2D eigenvalue weighted by atomic mass is 32.1. The molecule has 0 radical (unpaired) electrons. The van der Waals surface area contributed by atoms with E-state index in [1.54, 1.807) is 44.6 Å². The molecule has 0 bridgehead atoms. The number of carbonyl (C=O) groups is 2. The number of nitrogens with zero attached hydrogens (tertiary/aromatic N) is 1. The number of ether oxygens (including phenoxy) is 2. The van der Waals surface area contributed by atoms with Crippen LogP contribution in [0.5, 0.6) is 11.5 Å². The van der Waals surface area contributed by atoms with Crippen molar-refractivity contribution in [2.75, 3.05) is 32.6 Å². The van der Waals surface area contributed by atoms with Gasteiger partial charge in [0, 0.05) is 19.2 Å². The highest BCUT2D eigenvalue weighted by Crippen LogP contribution is 2.28. The molecule has 2 aromatic rings. The number of methoxy groups -OCH3 is 2. The lowest BCUT2D eigenvalue weighted by Crippen LogP contribution is -2.35. The second kappa shape index (κ2) is 12.0. The molecule has 1 heterocycles. The van der Waals surface area contributed by atoms with E-state index < -0.39 is 5.91 Å². The van der Waals surface area contributed by atoms with Crippen LogP contribution in [-0.2, 0) is 4.79 Å². The number of benzene rings is 2. The quantitative estimate of drug-likeness (QED) is 0.489. The van der Waals surface area contributed by atoms with Crippen molar-refractivity contribution in [1.82, 2.24) is 10.2 Å². The molecule has 1 aliphatic rings. The van der Waals surface area contributed by atoms with Crippen molar-refractivity contribution in [3.63, 3.8) is 0 Å². The average Bonchev–Trinajstić information content (AvgIpc) is 3.12. The van der Waals surface area contributed by atoms with Gasteiger partial charge in [-0.15, -0.1) is 0 Å². The van der Waals surface area contributed by atoms with Gasteiger partial charge in [0.05, 0.1) is 25.5 Å². The monoisotopic (exact) mass is 467 g/mol. The van der Waals surface area contributed by atoms with E-state index in [0.717, 1.165) is 44.3 Å². The molecule has 0 atom stereocenters. The van der Waals surface area contributed by atoms with Crippen LogP contribution < -0.4 is 20.1 Å². The molecule has 2 amide bonds. The van der Waals surface area contributed by atoms with Crippen LogP contribution in [0, 0.1) is 0 Å². The first-order chi connectivity index (χ1) is 16.0. The molecule has 0 aromatic heterocycles. The number of amides is 2. The minimum Gasteiger partial charge on any atom is -0.493 e. The molecular formula is C25H29N3O4S. The number of carbonyl (C=O) groups excluding carboxylic acids is 2. The van der Waals surface area contributed by atoms with Crippen molar-refractivity contribution in [1.29, 1.82) is 0 Å². The number of para-hydroxylation sites is 1. The topological polar surface area (TPSA) is 79.9 Å². The van der Waals surface area contributed by atoms with E-state index in [-0.39, 0.29) is 11.0 Å². The molecule has 1 aliphatic heterocycles. The molecule has 0 unspecified atom stereocenters. The van der Waals surface area contributed by atoms with Crippen molar-refractivity contribution in [3.05, 3.63) is 59.7 Å². The summed E-state index contributed by atoms with van der Waals surface area (Å²) in [5, 5.41) is 5.73. The van der Waals surface area contributed by atoms with E-state index in [4.69, 9.17) is 21.7 Å². The zero-order chi connectivity index (χ0) is 23.6. The molecule has 0 spiro atoms. The largest absolute Gasteiger partial charge is 0.493 e. The second-order valence-electron chi connectivity index (χ2n) is 7.64. The molecule has 33 heavy (non-hydrogen) atoms. The summed E-state index contributed by atoms with van der Waals surface area (Å²) >= 11 is 5.30. The van der Waals surface area contributed by atoms with Gasteiger partial charge in [-0.2, -0.15) is 0 Å². The first-order valence-corrected chi connectivity index (χ1v) is 11.3. The fourth-order valence-corrected chi connectivity index (χ4v) is 3.87. The summed E-state index contributed by atoms with van der Waals surface area (Å²) in [5.41, 5.74) is 1.88. The van der Waals surface area contributed by atoms with Gasteiger partial charge in [-0.05, 0) is 61.0 Å². The number of anilines is 1.